The number of ether oxygens (including phenoxy) is 1. The maximum Gasteiger partial charge on any atom is 0.177 e. The highest BCUT2D eigenvalue weighted by atomic mass is 16.5. The summed E-state index contributed by atoms with van der Waals surface area (Å²) in [6.07, 6.45) is 1.05. The van der Waals surface area contributed by atoms with Gasteiger partial charge < -0.3 is 24.3 Å². The first-order valence-electron chi connectivity index (χ1n) is 10.4. The molecule has 1 N–H and O–H groups in total. The number of furan rings is 1. The van der Waals surface area contributed by atoms with E-state index >= 15 is 0 Å². The summed E-state index contributed by atoms with van der Waals surface area (Å²) in [6.45, 7) is 3.41. The standard InChI is InChI=1S/C24H30N4O2/c1-27(2)13-7-12-25-22-18-8-5-6-9-20(18)26-23-19-11-10-17(29-15-14-28(3)4)16-21(19)30-24(22)23/h5-6,8-11,16H,7,12-15H2,1-4H3,(H,25,26). The Labute approximate surface area is 177 Å². The zero-order chi connectivity index (χ0) is 21.1. The average Bonchev–Trinajstić information content (AvgIpc) is 3.07. The van der Waals surface area contributed by atoms with Crippen LogP contribution in [-0.4, -0.2) is 69.2 Å². The van der Waals surface area contributed by atoms with E-state index < -0.39 is 0 Å². The number of nitrogens with zero attached hydrogens (tertiary/aromatic N) is 3. The van der Waals surface area contributed by atoms with Crippen LogP contribution in [0.3, 0.4) is 0 Å². The fraction of sp³-hybridized carbons (Fsp3) is 0.375. The van der Waals surface area contributed by atoms with Gasteiger partial charge in [-0.05, 0) is 59.4 Å². The molecule has 0 saturated heterocycles. The van der Waals surface area contributed by atoms with E-state index in [-0.39, 0.29) is 0 Å². The maximum absolute atomic E-state index is 6.31. The van der Waals surface area contributed by atoms with Gasteiger partial charge in [0, 0.05) is 29.9 Å². The number of rotatable bonds is 9. The van der Waals surface area contributed by atoms with Crippen molar-refractivity contribution < 1.29 is 9.15 Å². The number of benzene rings is 2. The molecule has 2 aromatic carbocycles. The lowest BCUT2D eigenvalue weighted by molar-refractivity contribution is 0.261. The van der Waals surface area contributed by atoms with E-state index in [1.165, 1.54) is 0 Å². The van der Waals surface area contributed by atoms with Crippen LogP contribution in [0.4, 0.5) is 5.69 Å². The molecule has 2 heterocycles. The zero-order valence-corrected chi connectivity index (χ0v) is 18.2. The first-order chi connectivity index (χ1) is 14.5. The van der Waals surface area contributed by atoms with Gasteiger partial charge in [-0.2, -0.15) is 0 Å². The Morgan fingerprint density at radius 2 is 1.77 bits per heavy atom. The van der Waals surface area contributed by atoms with Crippen LogP contribution in [0.25, 0.3) is 33.0 Å². The molecule has 0 spiro atoms. The highest BCUT2D eigenvalue weighted by Crippen LogP contribution is 2.38. The van der Waals surface area contributed by atoms with Crippen LogP contribution in [0.5, 0.6) is 5.75 Å². The Kier molecular flexibility index (Phi) is 6.06. The molecule has 6 nitrogen and oxygen atoms in total. The van der Waals surface area contributed by atoms with Crippen LogP contribution >= 0.6 is 0 Å². The zero-order valence-electron chi connectivity index (χ0n) is 18.2. The summed E-state index contributed by atoms with van der Waals surface area (Å²) in [5.74, 6) is 0.813. The predicted octanol–water partition coefficient (Wildman–Crippen LogP) is 4.44. The Hall–Kier alpha value is -2.83. The predicted molar refractivity (Wildman–Crippen MR) is 125 cm³/mol. The average molecular weight is 407 g/mol. The summed E-state index contributed by atoms with van der Waals surface area (Å²) in [7, 11) is 8.26. The second-order valence-corrected chi connectivity index (χ2v) is 8.18. The molecule has 158 valence electrons. The van der Waals surface area contributed by atoms with E-state index in [0.717, 1.165) is 70.5 Å². The molecule has 4 aromatic rings. The SMILES string of the molecule is CN(C)CCCNc1c2ccccc2nc2c1oc1cc(OCCN(C)C)ccc12. The van der Waals surface area contributed by atoms with Crippen molar-refractivity contribution in [2.45, 2.75) is 6.42 Å². The summed E-state index contributed by atoms with van der Waals surface area (Å²) in [5.41, 5.74) is 4.47. The van der Waals surface area contributed by atoms with Gasteiger partial charge >= 0.3 is 0 Å². The Morgan fingerprint density at radius 3 is 2.57 bits per heavy atom. The van der Waals surface area contributed by atoms with E-state index in [4.69, 9.17) is 14.1 Å². The molecule has 6 heteroatoms. The smallest absolute Gasteiger partial charge is 0.177 e. The topological polar surface area (TPSA) is 53.8 Å². The quantitative estimate of drug-likeness (QED) is 0.415. The number of nitrogens with one attached hydrogen (secondary N) is 1. The molecule has 30 heavy (non-hydrogen) atoms. The van der Waals surface area contributed by atoms with Crippen molar-refractivity contribution in [1.82, 2.24) is 14.8 Å². The van der Waals surface area contributed by atoms with Crippen molar-refractivity contribution in [3.05, 3.63) is 42.5 Å². The molecule has 0 fully saturated rings. The van der Waals surface area contributed by atoms with Crippen molar-refractivity contribution in [3.8, 4) is 5.75 Å². The summed E-state index contributed by atoms with van der Waals surface area (Å²) in [6, 6.07) is 14.2. The van der Waals surface area contributed by atoms with Crippen LogP contribution in [0.2, 0.25) is 0 Å². The van der Waals surface area contributed by atoms with Crippen LogP contribution in [0, 0.1) is 0 Å². The van der Waals surface area contributed by atoms with E-state index in [0.29, 0.717) is 6.61 Å². The molecule has 0 amide bonds. The number of anilines is 1. The van der Waals surface area contributed by atoms with Crippen molar-refractivity contribution in [3.63, 3.8) is 0 Å². The van der Waals surface area contributed by atoms with Crippen molar-refractivity contribution in [2.24, 2.45) is 0 Å². The Morgan fingerprint density at radius 1 is 0.967 bits per heavy atom. The van der Waals surface area contributed by atoms with Crippen molar-refractivity contribution in [1.29, 1.82) is 0 Å². The van der Waals surface area contributed by atoms with Crippen molar-refractivity contribution >= 4 is 38.7 Å². The van der Waals surface area contributed by atoms with E-state index in [9.17, 15) is 0 Å². The number of hydrogen-bond acceptors (Lipinski definition) is 6. The van der Waals surface area contributed by atoms with E-state index in [1.807, 2.05) is 44.4 Å². The third kappa shape index (κ3) is 4.35. The molecule has 0 atom stereocenters. The first kappa shape index (κ1) is 20.4. The largest absolute Gasteiger partial charge is 0.492 e. The lowest BCUT2D eigenvalue weighted by atomic mass is 10.1. The van der Waals surface area contributed by atoms with E-state index in [2.05, 4.69) is 41.3 Å². The van der Waals surface area contributed by atoms with Crippen LogP contribution in [0.15, 0.2) is 46.9 Å². The molecule has 0 saturated carbocycles. The van der Waals surface area contributed by atoms with Crippen LogP contribution < -0.4 is 10.1 Å². The van der Waals surface area contributed by atoms with E-state index in [1.54, 1.807) is 0 Å². The fourth-order valence-corrected chi connectivity index (χ4v) is 3.59. The monoisotopic (exact) mass is 406 g/mol. The molecule has 0 aliphatic carbocycles. The number of hydrogen-bond donors (Lipinski definition) is 1. The van der Waals surface area contributed by atoms with Crippen LogP contribution in [0.1, 0.15) is 6.42 Å². The number of pyridine rings is 1. The molecular formula is C24H30N4O2. The van der Waals surface area contributed by atoms with Gasteiger partial charge in [0.2, 0.25) is 0 Å². The minimum absolute atomic E-state index is 0.638. The summed E-state index contributed by atoms with van der Waals surface area (Å²) in [5, 5.41) is 5.70. The van der Waals surface area contributed by atoms with Gasteiger partial charge in [0.25, 0.3) is 0 Å². The van der Waals surface area contributed by atoms with Gasteiger partial charge in [0.15, 0.2) is 5.58 Å². The fourth-order valence-electron chi connectivity index (χ4n) is 3.59. The summed E-state index contributed by atoms with van der Waals surface area (Å²) >= 11 is 0. The molecule has 4 rings (SSSR count). The molecule has 0 bridgehead atoms. The molecule has 0 unspecified atom stereocenters. The Bertz CT molecular complexity index is 1150. The molecular weight excluding hydrogens is 376 g/mol. The number of para-hydroxylation sites is 1. The molecule has 0 aliphatic rings. The van der Waals surface area contributed by atoms with Gasteiger partial charge in [0.05, 0.1) is 11.2 Å². The lowest BCUT2D eigenvalue weighted by Gasteiger charge is -2.12. The number of fused-ring (bicyclic) bond motifs is 4. The number of aromatic nitrogens is 1. The third-order valence-electron chi connectivity index (χ3n) is 5.16. The first-order valence-corrected chi connectivity index (χ1v) is 10.4. The highest BCUT2D eigenvalue weighted by molar-refractivity contribution is 6.13. The minimum Gasteiger partial charge on any atom is -0.492 e. The minimum atomic E-state index is 0.638. The van der Waals surface area contributed by atoms with Gasteiger partial charge in [-0.15, -0.1) is 0 Å². The van der Waals surface area contributed by atoms with Crippen molar-refractivity contribution in [2.75, 3.05) is 59.7 Å². The van der Waals surface area contributed by atoms with Gasteiger partial charge in [-0.3, -0.25) is 0 Å². The normalized spacial score (nSPS) is 11.9. The van der Waals surface area contributed by atoms with Gasteiger partial charge in [-0.1, -0.05) is 18.2 Å². The molecule has 2 aromatic heterocycles. The number of likely N-dealkylation sites (N-methyl/N-ethyl adjacent to an activating group) is 1. The Balaban J connectivity index is 1.72. The lowest BCUT2D eigenvalue weighted by Crippen LogP contribution is -2.19. The van der Waals surface area contributed by atoms with Gasteiger partial charge in [-0.25, -0.2) is 4.98 Å². The second-order valence-electron chi connectivity index (χ2n) is 8.18. The molecule has 0 radical (unpaired) electrons. The van der Waals surface area contributed by atoms with Crippen LogP contribution in [-0.2, 0) is 0 Å². The van der Waals surface area contributed by atoms with Gasteiger partial charge in [0.1, 0.15) is 23.5 Å². The summed E-state index contributed by atoms with van der Waals surface area (Å²) in [4.78, 5) is 9.20. The molecule has 0 aliphatic heterocycles. The highest BCUT2D eigenvalue weighted by Gasteiger charge is 2.16. The summed E-state index contributed by atoms with van der Waals surface area (Å²) < 4.78 is 12.2. The maximum atomic E-state index is 6.31. The third-order valence-corrected chi connectivity index (χ3v) is 5.16. The second kappa shape index (κ2) is 8.90.